The number of hydrogen-bond donors (Lipinski definition) is 0. The highest BCUT2D eigenvalue weighted by atomic mass is 16.4. The Morgan fingerprint density at radius 1 is 0.306 bits per heavy atom. The zero-order valence-corrected chi connectivity index (χ0v) is 36.6. The van der Waals surface area contributed by atoms with Crippen LogP contribution in [0.4, 0.5) is 34.1 Å². The number of hydrogen-bond acceptors (Lipinski definition) is 4. The van der Waals surface area contributed by atoms with Crippen LogP contribution in [0.3, 0.4) is 0 Å². The molecule has 0 amide bonds. The van der Waals surface area contributed by atoms with E-state index in [-0.39, 0.29) is 0 Å². The second kappa shape index (κ2) is 14.1. The number of benzene rings is 9. The van der Waals surface area contributed by atoms with Gasteiger partial charge in [-0.15, -0.1) is 0 Å². The Hall–Kier alpha value is -7.30. The van der Waals surface area contributed by atoms with Crippen molar-refractivity contribution in [2.24, 2.45) is 0 Å². The number of fused-ring (bicyclic) bond motifs is 9. The number of rotatable bonds is 6. The van der Waals surface area contributed by atoms with Crippen molar-refractivity contribution >= 4 is 99.5 Å². The number of nitrogens with zero attached hydrogens (tertiary/aromatic N) is 2. The smallest absolute Gasteiger partial charge is 0.178 e. The standard InChI is InChI=1S/C58H48N2O2/c1-33-13-9-17-51(37(33)5)59(52-18-10-14-34(2)38(52)6)45-23-21-41-29-49-47-25-26-48-50-30-42-22-24-46(28-44(42)32-56(50)62-58(48)57(47)61-55(49)31-43(41)27-45)60(53-19-11-15-35(3)39(53)7)54-20-12-16-36(4)40(54)8/h9-32H,1-8H3. The Morgan fingerprint density at radius 2 is 0.645 bits per heavy atom. The van der Waals surface area contributed by atoms with Crippen molar-refractivity contribution in [2.45, 2.75) is 55.4 Å². The van der Waals surface area contributed by atoms with E-state index in [1.165, 1.54) is 67.3 Å². The lowest BCUT2D eigenvalue weighted by atomic mass is 10.0. The molecule has 11 rings (SSSR count). The summed E-state index contributed by atoms with van der Waals surface area (Å²) in [6.45, 7) is 17.6. The summed E-state index contributed by atoms with van der Waals surface area (Å²) in [5.41, 5.74) is 20.3. The first-order valence-corrected chi connectivity index (χ1v) is 21.6. The molecule has 0 aliphatic carbocycles. The van der Waals surface area contributed by atoms with E-state index in [0.29, 0.717) is 0 Å². The van der Waals surface area contributed by atoms with Gasteiger partial charge in [-0.05, 0) is 206 Å². The van der Waals surface area contributed by atoms with Crippen LogP contribution in [0.25, 0.3) is 65.4 Å². The van der Waals surface area contributed by atoms with Crippen molar-refractivity contribution < 1.29 is 8.83 Å². The van der Waals surface area contributed by atoms with Crippen LogP contribution in [0.1, 0.15) is 44.5 Å². The molecule has 4 heteroatoms. The van der Waals surface area contributed by atoms with Crippen molar-refractivity contribution in [3.05, 3.63) is 190 Å². The minimum Gasteiger partial charge on any atom is -0.452 e. The Balaban J connectivity index is 1.04. The molecule has 302 valence electrons. The number of aryl methyl sites for hydroxylation is 4. The number of anilines is 6. The summed E-state index contributed by atoms with van der Waals surface area (Å²) in [6.07, 6.45) is 0. The first kappa shape index (κ1) is 37.7. The van der Waals surface area contributed by atoms with Crippen molar-refractivity contribution in [3.8, 4) is 0 Å². The Labute approximate surface area is 362 Å². The largest absolute Gasteiger partial charge is 0.452 e. The predicted molar refractivity (Wildman–Crippen MR) is 263 cm³/mol. The second-order valence-electron chi connectivity index (χ2n) is 17.3. The van der Waals surface area contributed by atoms with Gasteiger partial charge in [0.25, 0.3) is 0 Å². The van der Waals surface area contributed by atoms with Crippen LogP contribution < -0.4 is 9.80 Å². The lowest BCUT2D eigenvalue weighted by Gasteiger charge is -2.30. The maximum Gasteiger partial charge on any atom is 0.178 e. The van der Waals surface area contributed by atoms with Crippen molar-refractivity contribution in [2.75, 3.05) is 9.80 Å². The van der Waals surface area contributed by atoms with Gasteiger partial charge in [-0.1, -0.05) is 60.7 Å². The van der Waals surface area contributed by atoms with E-state index in [2.05, 4.69) is 211 Å². The van der Waals surface area contributed by atoms with Gasteiger partial charge in [0, 0.05) is 55.7 Å². The van der Waals surface area contributed by atoms with Crippen molar-refractivity contribution in [1.82, 2.24) is 0 Å². The minimum absolute atomic E-state index is 0.775. The van der Waals surface area contributed by atoms with Gasteiger partial charge in [0.05, 0.1) is 0 Å². The summed E-state index contributed by atoms with van der Waals surface area (Å²) < 4.78 is 13.6. The van der Waals surface area contributed by atoms with Gasteiger partial charge in [-0.3, -0.25) is 0 Å². The maximum absolute atomic E-state index is 6.82. The average molecular weight is 805 g/mol. The van der Waals surface area contributed by atoms with E-state index in [0.717, 1.165) is 76.8 Å². The van der Waals surface area contributed by atoms with Crippen LogP contribution >= 0.6 is 0 Å². The molecule has 2 heterocycles. The minimum atomic E-state index is 0.775. The molecule has 0 radical (unpaired) electrons. The molecule has 0 spiro atoms. The zero-order chi connectivity index (χ0) is 42.6. The molecule has 11 aromatic rings. The fourth-order valence-corrected chi connectivity index (χ4v) is 9.53. The molecule has 62 heavy (non-hydrogen) atoms. The van der Waals surface area contributed by atoms with Crippen molar-refractivity contribution in [1.29, 1.82) is 0 Å². The third kappa shape index (κ3) is 5.81. The van der Waals surface area contributed by atoms with E-state index < -0.39 is 0 Å². The lowest BCUT2D eigenvalue weighted by molar-refractivity contribution is 0.634. The highest BCUT2D eigenvalue weighted by Gasteiger charge is 2.22. The molecule has 0 aliphatic rings. The van der Waals surface area contributed by atoms with Crippen LogP contribution in [-0.4, -0.2) is 0 Å². The Morgan fingerprint density at radius 3 is 0.984 bits per heavy atom. The molecule has 4 nitrogen and oxygen atoms in total. The molecule has 0 saturated heterocycles. The van der Waals surface area contributed by atoms with Crippen LogP contribution in [0.15, 0.2) is 154 Å². The van der Waals surface area contributed by atoms with Gasteiger partial charge in [0.2, 0.25) is 0 Å². The highest BCUT2D eigenvalue weighted by molar-refractivity contribution is 6.21. The first-order valence-electron chi connectivity index (χ1n) is 21.6. The molecule has 0 bridgehead atoms. The molecule has 2 aromatic heterocycles. The maximum atomic E-state index is 6.82. The molecular formula is C58H48N2O2. The van der Waals surface area contributed by atoms with E-state index in [1.807, 2.05) is 0 Å². The second-order valence-corrected chi connectivity index (χ2v) is 17.3. The fourth-order valence-electron chi connectivity index (χ4n) is 9.53. The Bertz CT molecular complexity index is 3300. The van der Waals surface area contributed by atoms with E-state index in [4.69, 9.17) is 8.83 Å². The third-order valence-corrected chi connectivity index (χ3v) is 13.7. The van der Waals surface area contributed by atoms with Gasteiger partial charge < -0.3 is 18.6 Å². The first-order chi connectivity index (χ1) is 30.0. The summed E-state index contributed by atoms with van der Waals surface area (Å²) in [7, 11) is 0. The summed E-state index contributed by atoms with van der Waals surface area (Å²) >= 11 is 0. The normalized spacial score (nSPS) is 11.9. The highest BCUT2D eigenvalue weighted by Crippen LogP contribution is 2.45. The molecule has 0 unspecified atom stereocenters. The molecule has 0 aliphatic heterocycles. The van der Waals surface area contributed by atoms with Gasteiger partial charge in [-0.2, -0.15) is 0 Å². The van der Waals surface area contributed by atoms with Crippen LogP contribution in [0, 0.1) is 55.4 Å². The zero-order valence-electron chi connectivity index (χ0n) is 36.6. The molecule has 9 aromatic carbocycles. The van der Waals surface area contributed by atoms with E-state index in [9.17, 15) is 0 Å². The average Bonchev–Trinajstić information content (AvgIpc) is 3.82. The van der Waals surface area contributed by atoms with E-state index >= 15 is 0 Å². The monoisotopic (exact) mass is 804 g/mol. The summed E-state index contributed by atoms with van der Waals surface area (Å²) in [6, 6.07) is 53.2. The fraction of sp³-hybridized carbons (Fsp3) is 0.138. The molecular weight excluding hydrogens is 757 g/mol. The van der Waals surface area contributed by atoms with Crippen LogP contribution in [-0.2, 0) is 0 Å². The van der Waals surface area contributed by atoms with Gasteiger partial charge in [0.1, 0.15) is 11.2 Å². The quantitative estimate of drug-likeness (QED) is 0.168. The van der Waals surface area contributed by atoms with Gasteiger partial charge in [-0.25, -0.2) is 0 Å². The lowest BCUT2D eigenvalue weighted by Crippen LogP contribution is -2.13. The third-order valence-electron chi connectivity index (χ3n) is 13.7. The van der Waals surface area contributed by atoms with Crippen LogP contribution in [0.5, 0.6) is 0 Å². The topological polar surface area (TPSA) is 32.8 Å². The summed E-state index contributed by atoms with van der Waals surface area (Å²) in [5.74, 6) is 0. The number of furan rings is 2. The van der Waals surface area contributed by atoms with Crippen LogP contribution in [0.2, 0.25) is 0 Å². The summed E-state index contributed by atoms with van der Waals surface area (Å²) in [4.78, 5) is 4.81. The molecule has 0 fully saturated rings. The Kier molecular flexibility index (Phi) is 8.59. The SMILES string of the molecule is Cc1cccc(N(c2ccc3cc4c(cc3c2)oc2c4ccc3c4cc5ccc(N(c6cccc(C)c6C)c6cccc(C)c6C)cc5cc4oc32)c2cccc(C)c2C)c1C. The molecule has 0 N–H and O–H groups in total. The predicted octanol–water partition coefficient (Wildman–Crippen LogP) is 17.2. The molecule has 0 saturated carbocycles. The van der Waals surface area contributed by atoms with E-state index in [1.54, 1.807) is 0 Å². The van der Waals surface area contributed by atoms with Crippen molar-refractivity contribution in [3.63, 3.8) is 0 Å². The van der Waals surface area contributed by atoms with Gasteiger partial charge >= 0.3 is 0 Å². The van der Waals surface area contributed by atoms with Gasteiger partial charge in [0.15, 0.2) is 11.2 Å². The summed E-state index contributed by atoms with van der Waals surface area (Å²) in [5, 5.41) is 8.82. The molecule has 0 atom stereocenters.